The zero-order chi connectivity index (χ0) is 19.4. The number of imidazole rings is 1. The first-order valence-electron chi connectivity index (χ1n) is 9.97. The zero-order valence-corrected chi connectivity index (χ0v) is 16.6. The second-order valence-electron chi connectivity index (χ2n) is 7.06. The number of nitrogens with one attached hydrogen (secondary N) is 2. The molecule has 0 radical (unpaired) electrons. The lowest BCUT2D eigenvalue weighted by molar-refractivity contribution is 0.0888. The molecule has 1 aromatic carbocycles. The van der Waals surface area contributed by atoms with Gasteiger partial charge < -0.3 is 24.7 Å². The Morgan fingerprint density at radius 1 is 1.29 bits per heavy atom. The molecule has 28 heavy (non-hydrogen) atoms. The van der Waals surface area contributed by atoms with Crippen LogP contribution in [0.1, 0.15) is 24.0 Å². The van der Waals surface area contributed by atoms with Crippen molar-refractivity contribution in [3.8, 4) is 0 Å². The first-order chi connectivity index (χ1) is 13.8. The van der Waals surface area contributed by atoms with E-state index in [2.05, 4.69) is 49.4 Å². The highest BCUT2D eigenvalue weighted by Gasteiger charge is 2.15. The van der Waals surface area contributed by atoms with Crippen molar-refractivity contribution >= 4 is 5.96 Å². The van der Waals surface area contributed by atoms with Gasteiger partial charge in [-0.3, -0.25) is 4.99 Å². The lowest BCUT2D eigenvalue weighted by Gasteiger charge is -2.13. The molecule has 0 saturated carbocycles. The van der Waals surface area contributed by atoms with E-state index >= 15 is 0 Å². The van der Waals surface area contributed by atoms with Gasteiger partial charge in [0.2, 0.25) is 0 Å². The van der Waals surface area contributed by atoms with E-state index in [9.17, 15) is 0 Å². The summed E-state index contributed by atoms with van der Waals surface area (Å²) in [5.74, 6) is 1.39. The third-order valence-corrected chi connectivity index (χ3v) is 4.77. The highest BCUT2D eigenvalue weighted by Crippen LogP contribution is 2.12. The Labute approximate surface area is 167 Å². The van der Waals surface area contributed by atoms with Gasteiger partial charge in [0.05, 0.1) is 19.5 Å². The lowest BCUT2D eigenvalue weighted by atomic mass is 10.1. The normalized spacial score (nSPS) is 17.0. The van der Waals surface area contributed by atoms with E-state index < -0.39 is 0 Å². The predicted octanol–water partition coefficient (Wildman–Crippen LogP) is 2.04. The highest BCUT2D eigenvalue weighted by molar-refractivity contribution is 5.79. The van der Waals surface area contributed by atoms with E-state index in [0.29, 0.717) is 5.92 Å². The fourth-order valence-corrected chi connectivity index (χ4v) is 3.11. The molecule has 1 aliphatic rings. The van der Waals surface area contributed by atoms with Crippen LogP contribution in [0.2, 0.25) is 0 Å². The van der Waals surface area contributed by atoms with E-state index in [1.54, 1.807) is 13.2 Å². The van der Waals surface area contributed by atoms with Crippen molar-refractivity contribution in [2.24, 2.45) is 10.9 Å². The summed E-state index contributed by atoms with van der Waals surface area (Å²) in [7, 11) is 1.79. The van der Waals surface area contributed by atoms with E-state index in [1.807, 2.05) is 12.5 Å². The average Bonchev–Trinajstić information content (AvgIpc) is 3.42. The number of aliphatic imine (C=N–C) groups is 1. The topological polar surface area (TPSA) is 72.7 Å². The Hall–Kier alpha value is -2.38. The van der Waals surface area contributed by atoms with E-state index in [4.69, 9.17) is 9.47 Å². The third kappa shape index (κ3) is 6.98. The quantitative estimate of drug-likeness (QED) is 0.372. The van der Waals surface area contributed by atoms with Crippen molar-refractivity contribution in [1.29, 1.82) is 0 Å². The van der Waals surface area contributed by atoms with Crippen LogP contribution < -0.4 is 10.6 Å². The Bertz CT molecular complexity index is 694. The van der Waals surface area contributed by atoms with Crippen molar-refractivity contribution in [2.45, 2.75) is 25.9 Å². The number of nitrogens with zero attached hydrogens (tertiary/aromatic N) is 3. The molecule has 7 nitrogen and oxygen atoms in total. The number of rotatable bonds is 10. The largest absolute Gasteiger partial charge is 0.381 e. The molecule has 2 N–H and O–H groups in total. The van der Waals surface area contributed by atoms with Gasteiger partial charge in [0.1, 0.15) is 0 Å². The fraction of sp³-hybridized carbons (Fsp3) is 0.524. The monoisotopic (exact) mass is 385 g/mol. The molecule has 1 saturated heterocycles. The number of hydrogen-bond donors (Lipinski definition) is 2. The molecular formula is C21H31N5O2. The minimum absolute atomic E-state index is 0.578. The summed E-state index contributed by atoms with van der Waals surface area (Å²) >= 11 is 0. The molecule has 2 aromatic rings. The van der Waals surface area contributed by atoms with E-state index in [1.165, 1.54) is 11.1 Å². The maximum atomic E-state index is 5.72. The maximum Gasteiger partial charge on any atom is 0.191 e. The molecular weight excluding hydrogens is 354 g/mol. The second kappa shape index (κ2) is 11.5. The number of guanidine groups is 1. The van der Waals surface area contributed by atoms with Crippen LogP contribution in [0, 0.1) is 5.92 Å². The zero-order valence-electron chi connectivity index (χ0n) is 16.6. The van der Waals surface area contributed by atoms with Crippen LogP contribution in [0.4, 0.5) is 0 Å². The summed E-state index contributed by atoms with van der Waals surface area (Å²) in [6.07, 6.45) is 7.68. The molecule has 152 valence electrons. The molecule has 1 aromatic heterocycles. The SMILES string of the molecule is CN=C(NCCCOCC1CCOC1)NCc1ccc(Cn2ccnc2)cc1. The molecule has 0 amide bonds. The molecule has 1 unspecified atom stereocenters. The minimum atomic E-state index is 0.578. The van der Waals surface area contributed by atoms with Gasteiger partial charge in [-0.05, 0) is 24.0 Å². The van der Waals surface area contributed by atoms with Gasteiger partial charge in [-0.2, -0.15) is 0 Å². The van der Waals surface area contributed by atoms with E-state index in [0.717, 1.165) is 64.9 Å². The Kier molecular flexibility index (Phi) is 8.33. The molecule has 3 rings (SSSR count). The Morgan fingerprint density at radius 2 is 2.14 bits per heavy atom. The van der Waals surface area contributed by atoms with Crippen molar-refractivity contribution in [1.82, 2.24) is 20.2 Å². The number of hydrogen-bond acceptors (Lipinski definition) is 4. The highest BCUT2D eigenvalue weighted by atomic mass is 16.5. The number of aromatic nitrogens is 2. The van der Waals surface area contributed by atoms with Gasteiger partial charge in [-0.15, -0.1) is 0 Å². The van der Waals surface area contributed by atoms with Gasteiger partial charge in [0, 0.05) is 58.2 Å². The smallest absolute Gasteiger partial charge is 0.191 e. The van der Waals surface area contributed by atoms with Crippen molar-refractivity contribution in [3.05, 3.63) is 54.1 Å². The Balaban J connectivity index is 1.29. The first-order valence-corrected chi connectivity index (χ1v) is 9.97. The van der Waals surface area contributed by atoms with Crippen LogP contribution in [-0.4, -0.2) is 55.5 Å². The standard InChI is InChI=1S/C21H31N5O2/c1-22-21(24-8-2-11-27-15-20-7-12-28-16-20)25-13-18-3-5-19(6-4-18)14-26-10-9-23-17-26/h3-6,9-10,17,20H,2,7-8,11-16H2,1H3,(H2,22,24,25). The Morgan fingerprint density at radius 3 is 2.86 bits per heavy atom. The van der Waals surface area contributed by atoms with Gasteiger partial charge in [-0.25, -0.2) is 4.98 Å². The van der Waals surface area contributed by atoms with Crippen LogP contribution in [0.25, 0.3) is 0 Å². The number of benzene rings is 1. The van der Waals surface area contributed by atoms with Crippen LogP contribution >= 0.6 is 0 Å². The van der Waals surface area contributed by atoms with Crippen LogP contribution in [0.3, 0.4) is 0 Å². The molecule has 2 heterocycles. The molecule has 1 fully saturated rings. The maximum absolute atomic E-state index is 5.72. The van der Waals surface area contributed by atoms with Crippen LogP contribution in [0.15, 0.2) is 48.0 Å². The summed E-state index contributed by atoms with van der Waals surface area (Å²) in [5.41, 5.74) is 2.48. The second-order valence-corrected chi connectivity index (χ2v) is 7.06. The molecule has 0 spiro atoms. The van der Waals surface area contributed by atoms with Crippen LogP contribution in [-0.2, 0) is 22.6 Å². The predicted molar refractivity (Wildman–Crippen MR) is 110 cm³/mol. The summed E-state index contributed by atoms with van der Waals surface area (Å²) in [5, 5.41) is 6.69. The van der Waals surface area contributed by atoms with Crippen LogP contribution in [0.5, 0.6) is 0 Å². The van der Waals surface area contributed by atoms with Gasteiger partial charge in [0.25, 0.3) is 0 Å². The van der Waals surface area contributed by atoms with Gasteiger partial charge >= 0.3 is 0 Å². The number of ether oxygens (including phenoxy) is 2. The average molecular weight is 386 g/mol. The van der Waals surface area contributed by atoms with Crippen molar-refractivity contribution in [3.63, 3.8) is 0 Å². The minimum Gasteiger partial charge on any atom is -0.381 e. The van der Waals surface area contributed by atoms with Gasteiger partial charge in [0.15, 0.2) is 5.96 Å². The third-order valence-electron chi connectivity index (χ3n) is 4.77. The molecule has 1 aliphatic heterocycles. The summed E-state index contributed by atoms with van der Waals surface area (Å²) < 4.78 is 13.1. The summed E-state index contributed by atoms with van der Waals surface area (Å²) in [6, 6.07) is 8.60. The fourth-order valence-electron chi connectivity index (χ4n) is 3.11. The summed E-state index contributed by atoms with van der Waals surface area (Å²) in [4.78, 5) is 8.35. The molecule has 1 atom stereocenters. The summed E-state index contributed by atoms with van der Waals surface area (Å²) in [6.45, 7) is 5.72. The first kappa shape index (κ1) is 20.4. The van der Waals surface area contributed by atoms with Crippen molar-refractivity contribution < 1.29 is 9.47 Å². The molecule has 0 bridgehead atoms. The van der Waals surface area contributed by atoms with Gasteiger partial charge in [-0.1, -0.05) is 24.3 Å². The molecule has 7 heteroatoms. The lowest BCUT2D eigenvalue weighted by Crippen LogP contribution is -2.37. The molecule has 0 aliphatic carbocycles. The van der Waals surface area contributed by atoms with E-state index in [-0.39, 0.29) is 0 Å². The van der Waals surface area contributed by atoms with Crippen molar-refractivity contribution in [2.75, 3.05) is 40.0 Å².